The van der Waals surface area contributed by atoms with E-state index in [-0.39, 0.29) is 11.8 Å². The molecular weight excluding hydrogens is 276 g/mol. The molecule has 2 amide bonds. The molecule has 0 aliphatic carbocycles. The van der Waals surface area contributed by atoms with Gasteiger partial charge in [0.15, 0.2) is 0 Å². The Morgan fingerprint density at radius 2 is 1.77 bits per heavy atom. The lowest BCUT2D eigenvalue weighted by molar-refractivity contribution is -0.141. The van der Waals surface area contributed by atoms with Crippen LogP contribution in [0.2, 0.25) is 0 Å². The van der Waals surface area contributed by atoms with Crippen LogP contribution >= 0.6 is 0 Å². The van der Waals surface area contributed by atoms with E-state index < -0.39 is 6.04 Å². The first-order valence-corrected chi connectivity index (χ1v) is 8.16. The standard InChI is InChI=1S/C18H28N2O2/c1-5-12-19-18(22)16(6-2)20(17(21)7-3)13-15-10-8-14(4)9-11-15/h8-11,16H,5-7,12-13H2,1-4H3,(H,19,22)/t16-/m0/s1. The zero-order chi connectivity index (χ0) is 16.5. The average Bonchev–Trinajstić information content (AvgIpc) is 2.53. The minimum Gasteiger partial charge on any atom is -0.354 e. The van der Waals surface area contributed by atoms with Crippen molar-refractivity contribution >= 4 is 11.8 Å². The summed E-state index contributed by atoms with van der Waals surface area (Å²) in [6, 6.07) is 7.69. The molecule has 4 nitrogen and oxygen atoms in total. The van der Waals surface area contributed by atoms with Gasteiger partial charge in [0.1, 0.15) is 6.04 Å². The maximum atomic E-state index is 12.3. The third kappa shape index (κ3) is 5.17. The second-order valence-electron chi connectivity index (χ2n) is 5.58. The quantitative estimate of drug-likeness (QED) is 0.802. The number of rotatable bonds is 8. The molecule has 1 atom stereocenters. The van der Waals surface area contributed by atoms with E-state index in [1.54, 1.807) is 4.90 Å². The topological polar surface area (TPSA) is 49.4 Å². The third-order valence-corrected chi connectivity index (χ3v) is 3.71. The van der Waals surface area contributed by atoms with Crippen LogP contribution in [0.25, 0.3) is 0 Å². The Labute approximate surface area is 133 Å². The summed E-state index contributed by atoms with van der Waals surface area (Å²) >= 11 is 0. The number of nitrogens with one attached hydrogen (secondary N) is 1. The van der Waals surface area contributed by atoms with E-state index in [1.807, 2.05) is 52.0 Å². The predicted molar refractivity (Wildman–Crippen MR) is 89.4 cm³/mol. The predicted octanol–water partition coefficient (Wildman–Crippen LogP) is 3.04. The lowest BCUT2D eigenvalue weighted by Gasteiger charge is -2.30. The molecule has 4 heteroatoms. The Kier molecular flexibility index (Phi) is 7.64. The van der Waals surface area contributed by atoms with Crippen molar-refractivity contribution in [3.8, 4) is 0 Å². The summed E-state index contributed by atoms with van der Waals surface area (Å²) in [6.45, 7) is 8.95. The Morgan fingerprint density at radius 3 is 2.27 bits per heavy atom. The first kappa shape index (κ1) is 18.2. The minimum absolute atomic E-state index is 0.0130. The van der Waals surface area contributed by atoms with E-state index in [1.165, 1.54) is 5.56 Å². The highest BCUT2D eigenvalue weighted by atomic mass is 16.2. The molecule has 22 heavy (non-hydrogen) atoms. The van der Waals surface area contributed by atoms with Gasteiger partial charge < -0.3 is 10.2 Å². The van der Waals surface area contributed by atoms with Crippen molar-refractivity contribution in [1.29, 1.82) is 0 Å². The number of carbonyl (C=O) groups excluding carboxylic acids is 2. The van der Waals surface area contributed by atoms with Crippen LogP contribution in [0.4, 0.5) is 0 Å². The molecule has 1 N–H and O–H groups in total. The Morgan fingerprint density at radius 1 is 1.14 bits per heavy atom. The van der Waals surface area contributed by atoms with Crippen molar-refractivity contribution in [2.45, 2.75) is 59.5 Å². The molecule has 0 spiro atoms. The highest BCUT2D eigenvalue weighted by Gasteiger charge is 2.27. The van der Waals surface area contributed by atoms with Crippen molar-refractivity contribution in [1.82, 2.24) is 10.2 Å². The van der Waals surface area contributed by atoms with E-state index in [9.17, 15) is 9.59 Å². The summed E-state index contributed by atoms with van der Waals surface area (Å²) in [5.41, 5.74) is 2.24. The Hall–Kier alpha value is -1.84. The van der Waals surface area contributed by atoms with E-state index in [2.05, 4.69) is 5.32 Å². The van der Waals surface area contributed by atoms with E-state index in [0.29, 0.717) is 25.9 Å². The van der Waals surface area contributed by atoms with Crippen LogP contribution < -0.4 is 5.32 Å². The van der Waals surface area contributed by atoms with E-state index in [0.717, 1.165) is 12.0 Å². The Bertz CT molecular complexity index is 482. The van der Waals surface area contributed by atoms with Gasteiger partial charge in [0.25, 0.3) is 0 Å². The van der Waals surface area contributed by atoms with E-state index in [4.69, 9.17) is 0 Å². The summed E-state index contributed by atoms with van der Waals surface area (Å²) < 4.78 is 0. The second-order valence-corrected chi connectivity index (χ2v) is 5.58. The van der Waals surface area contributed by atoms with Crippen LogP contribution in [-0.4, -0.2) is 29.3 Å². The van der Waals surface area contributed by atoms with Gasteiger partial charge in [-0.05, 0) is 25.3 Å². The zero-order valence-corrected chi connectivity index (χ0v) is 14.2. The highest BCUT2D eigenvalue weighted by Crippen LogP contribution is 2.14. The fourth-order valence-electron chi connectivity index (χ4n) is 2.38. The second kappa shape index (κ2) is 9.23. The van der Waals surface area contributed by atoms with Crippen LogP contribution in [0, 0.1) is 6.92 Å². The van der Waals surface area contributed by atoms with Gasteiger partial charge in [0.05, 0.1) is 0 Å². The van der Waals surface area contributed by atoms with Crippen molar-refractivity contribution in [2.75, 3.05) is 6.54 Å². The Balaban J connectivity index is 2.92. The summed E-state index contributed by atoms with van der Waals surface area (Å²) in [5.74, 6) is -0.0441. The summed E-state index contributed by atoms with van der Waals surface area (Å²) in [7, 11) is 0. The molecule has 1 rings (SSSR count). The van der Waals surface area contributed by atoms with E-state index >= 15 is 0 Å². The van der Waals surface area contributed by atoms with Crippen LogP contribution in [0.15, 0.2) is 24.3 Å². The monoisotopic (exact) mass is 304 g/mol. The maximum absolute atomic E-state index is 12.3. The number of benzene rings is 1. The molecule has 0 saturated heterocycles. The van der Waals surface area contributed by atoms with Crippen LogP contribution in [0.3, 0.4) is 0 Å². The van der Waals surface area contributed by atoms with Gasteiger partial charge in [-0.2, -0.15) is 0 Å². The molecule has 1 aromatic carbocycles. The smallest absolute Gasteiger partial charge is 0.242 e. The normalized spacial score (nSPS) is 11.8. The maximum Gasteiger partial charge on any atom is 0.242 e. The van der Waals surface area contributed by atoms with Crippen LogP contribution in [0.1, 0.15) is 51.2 Å². The van der Waals surface area contributed by atoms with Gasteiger partial charge in [0.2, 0.25) is 11.8 Å². The van der Waals surface area contributed by atoms with Crippen molar-refractivity contribution in [3.05, 3.63) is 35.4 Å². The van der Waals surface area contributed by atoms with Crippen LogP contribution in [0.5, 0.6) is 0 Å². The third-order valence-electron chi connectivity index (χ3n) is 3.71. The number of hydrogen-bond acceptors (Lipinski definition) is 2. The molecule has 0 aromatic heterocycles. The number of aryl methyl sites for hydroxylation is 1. The van der Waals surface area contributed by atoms with Crippen molar-refractivity contribution in [3.63, 3.8) is 0 Å². The summed E-state index contributed by atoms with van der Waals surface area (Å²) in [5, 5.41) is 2.90. The lowest BCUT2D eigenvalue weighted by atomic mass is 10.1. The molecule has 1 aromatic rings. The molecule has 0 radical (unpaired) electrons. The first-order chi connectivity index (χ1) is 10.5. The SMILES string of the molecule is CCCNC(=O)[C@H](CC)N(Cc1ccc(C)cc1)C(=O)CC. The first-order valence-electron chi connectivity index (χ1n) is 8.16. The highest BCUT2D eigenvalue weighted by molar-refractivity contribution is 5.87. The zero-order valence-electron chi connectivity index (χ0n) is 14.2. The van der Waals surface area contributed by atoms with Gasteiger partial charge in [0, 0.05) is 19.5 Å². The molecule has 0 heterocycles. The van der Waals surface area contributed by atoms with Crippen molar-refractivity contribution in [2.24, 2.45) is 0 Å². The molecule has 0 aliphatic heterocycles. The van der Waals surface area contributed by atoms with Gasteiger partial charge in [-0.25, -0.2) is 0 Å². The van der Waals surface area contributed by atoms with Crippen molar-refractivity contribution < 1.29 is 9.59 Å². The van der Waals surface area contributed by atoms with Crippen LogP contribution in [-0.2, 0) is 16.1 Å². The molecule has 0 bridgehead atoms. The molecule has 0 aliphatic rings. The number of nitrogens with zero attached hydrogens (tertiary/aromatic N) is 1. The summed E-state index contributed by atoms with van der Waals surface area (Å²) in [6.07, 6.45) is 1.92. The number of hydrogen-bond donors (Lipinski definition) is 1. The fourth-order valence-corrected chi connectivity index (χ4v) is 2.38. The molecule has 122 valence electrons. The largest absolute Gasteiger partial charge is 0.354 e. The summed E-state index contributed by atoms with van der Waals surface area (Å²) in [4.78, 5) is 26.3. The minimum atomic E-state index is -0.402. The van der Waals surface area contributed by atoms with Gasteiger partial charge >= 0.3 is 0 Å². The average molecular weight is 304 g/mol. The molecule has 0 saturated carbocycles. The van der Waals surface area contributed by atoms with Gasteiger partial charge in [-0.3, -0.25) is 9.59 Å². The van der Waals surface area contributed by atoms with Gasteiger partial charge in [-0.1, -0.05) is 50.6 Å². The number of amides is 2. The fraction of sp³-hybridized carbons (Fsp3) is 0.556. The number of carbonyl (C=O) groups is 2. The molecule has 0 fully saturated rings. The molecular formula is C18H28N2O2. The lowest BCUT2D eigenvalue weighted by Crippen LogP contribution is -2.49. The van der Waals surface area contributed by atoms with Gasteiger partial charge in [-0.15, -0.1) is 0 Å². The molecule has 0 unspecified atom stereocenters.